The summed E-state index contributed by atoms with van der Waals surface area (Å²) < 4.78 is 47.8. The molecule has 1 aliphatic carbocycles. The predicted molar refractivity (Wildman–Crippen MR) is 114 cm³/mol. The van der Waals surface area contributed by atoms with Crippen LogP contribution in [0.5, 0.6) is 0 Å². The molecule has 33 heavy (non-hydrogen) atoms. The summed E-state index contributed by atoms with van der Waals surface area (Å²) in [6.45, 7) is 0.106. The highest BCUT2D eigenvalue weighted by Crippen LogP contribution is 2.46. The maximum Gasteiger partial charge on any atom is 0.317 e. The number of benzene rings is 1. The lowest BCUT2D eigenvalue weighted by atomic mass is 9.69. The largest absolute Gasteiger partial charge is 0.468 e. The number of fused-ring (bicyclic) bond motifs is 2. The molecule has 1 atom stereocenters. The zero-order chi connectivity index (χ0) is 23.4. The molecule has 0 saturated carbocycles. The number of methoxy groups -OCH3 is 1. The molecule has 1 aliphatic heterocycles. The number of sulfonamides is 1. The number of piperidine rings is 1. The Bertz CT molecular complexity index is 1380. The first-order valence-electron chi connectivity index (χ1n) is 10.2. The van der Waals surface area contributed by atoms with E-state index in [9.17, 15) is 17.6 Å². The maximum absolute atomic E-state index is 13.4. The van der Waals surface area contributed by atoms with Crippen molar-refractivity contribution in [2.75, 3.05) is 20.2 Å². The van der Waals surface area contributed by atoms with Crippen molar-refractivity contribution in [2.24, 2.45) is 12.5 Å². The second-order valence-corrected chi connectivity index (χ2v) is 10.0. The second kappa shape index (κ2) is 7.59. The number of esters is 1. The zero-order valence-corrected chi connectivity index (χ0v) is 18.8. The Kier molecular flexibility index (Phi) is 4.94. The SMILES string of the molecule is COC(=O)[C@]12Cc3cnn(-c4ccc(F)cc4)c3C=C1CCN(S(=O)(=O)c1cnn(C)n1)C2. The minimum absolute atomic E-state index is 0.0778. The number of carbonyl (C=O) groups is 1. The highest BCUT2D eigenvalue weighted by molar-refractivity contribution is 7.89. The Labute approximate surface area is 189 Å². The van der Waals surface area contributed by atoms with Crippen LogP contribution in [-0.2, 0) is 33.0 Å². The fourth-order valence-corrected chi connectivity index (χ4v) is 5.94. The molecule has 1 fully saturated rings. The van der Waals surface area contributed by atoms with Crippen LogP contribution in [-0.4, -0.2) is 63.7 Å². The van der Waals surface area contributed by atoms with Gasteiger partial charge in [0.25, 0.3) is 10.0 Å². The lowest BCUT2D eigenvalue weighted by Crippen LogP contribution is -2.53. The van der Waals surface area contributed by atoms with Crippen molar-refractivity contribution in [3.8, 4) is 5.69 Å². The molecule has 172 valence electrons. The molecule has 0 spiro atoms. The van der Waals surface area contributed by atoms with Crippen molar-refractivity contribution in [1.82, 2.24) is 29.1 Å². The van der Waals surface area contributed by atoms with Gasteiger partial charge < -0.3 is 4.74 Å². The van der Waals surface area contributed by atoms with E-state index in [1.165, 1.54) is 41.6 Å². The van der Waals surface area contributed by atoms with Gasteiger partial charge in [0.1, 0.15) is 11.2 Å². The lowest BCUT2D eigenvalue weighted by molar-refractivity contribution is -0.151. The number of hydrogen-bond acceptors (Lipinski definition) is 7. The third-order valence-corrected chi connectivity index (χ3v) is 7.92. The third kappa shape index (κ3) is 3.37. The molecular weight excluding hydrogens is 451 g/mol. The van der Waals surface area contributed by atoms with E-state index in [4.69, 9.17) is 4.74 Å². The van der Waals surface area contributed by atoms with Gasteiger partial charge in [-0.3, -0.25) is 4.79 Å². The van der Waals surface area contributed by atoms with Gasteiger partial charge in [0.15, 0.2) is 0 Å². The first-order chi connectivity index (χ1) is 15.7. The molecule has 0 unspecified atom stereocenters. The van der Waals surface area contributed by atoms with Gasteiger partial charge in [-0.15, -0.1) is 5.10 Å². The van der Waals surface area contributed by atoms with Crippen LogP contribution in [0.2, 0.25) is 0 Å². The second-order valence-electron chi connectivity index (χ2n) is 8.12. The van der Waals surface area contributed by atoms with Crippen molar-refractivity contribution in [2.45, 2.75) is 17.9 Å². The summed E-state index contributed by atoms with van der Waals surface area (Å²) in [5.41, 5.74) is 1.83. The molecule has 3 heterocycles. The van der Waals surface area contributed by atoms with Crippen LogP contribution in [0, 0.1) is 11.2 Å². The summed E-state index contributed by atoms with van der Waals surface area (Å²) in [5.74, 6) is -0.854. The van der Waals surface area contributed by atoms with Crippen LogP contribution in [0.3, 0.4) is 0 Å². The summed E-state index contributed by atoms with van der Waals surface area (Å²) >= 11 is 0. The molecule has 2 aliphatic rings. The van der Waals surface area contributed by atoms with Gasteiger partial charge in [0, 0.05) is 20.1 Å². The molecule has 2 aromatic heterocycles. The number of aryl methyl sites for hydroxylation is 1. The van der Waals surface area contributed by atoms with E-state index < -0.39 is 21.4 Å². The zero-order valence-electron chi connectivity index (χ0n) is 18.0. The Morgan fingerprint density at radius 3 is 2.61 bits per heavy atom. The van der Waals surface area contributed by atoms with E-state index in [1.54, 1.807) is 23.0 Å². The molecule has 5 rings (SSSR count). The summed E-state index contributed by atoms with van der Waals surface area (Å²) in [4.78, 5) is 14.3. The van der Waals surface area contributed by atoms with Gasteiger partial charge in [0.2, 0.25) is 5.03 Å². The average molecular weight is 473 g/mol. The summed E-state index contributed by atoms with van der Waals surface area (Å²) in [6.07, 6.45) is 5.28. The van der Waals surface area contributed by atoms with Gasteiger partial charge >= 0.3 is 5.97 Å². The normalized spacial score (nSPS) is 20.6. The average Bonchev–Trinajstić information content (AvgIpc) is 3.43. The number of nitrogens with zero attached hydrogens (tertiary/aromatic N) is 6. The maximum atomic E-state index is 13.4. The summed E-state index contributed by atoms with van der Waals surface area (Å²) in [7, 11) is -1.11. The van der Waals surface area contributed by atoms with E-state index in [2.05, 4.69) is 15.3 Å². The highest BCUT2D eigenvalue weighted by Gasteiger charge is 2.52. The van der Waals surface area contributed by atoms with Gasteiger partial charge in [-0.2, -0.15) is 19.3 Å². The van der Waals surface area contributed by atoms with Crippen molar-refractivity contribution in [3.63, 3.8) is 0 Å². The highest BCUT2D eigenvalue weighted by atomic mass is 32.2. The number of hydrogen-bond donors (Lipinski definition) is 0. The van der Waals surface area contributed by atoms with Gasteiger partial charge in [-0.05, 0) is 54.3 Å². The molecule has 10 nitrogen and oxygen atoms in total. The Morgan fingerprint density at radius 2 is 1.94 bits per heavy atom. The number of ether oxygens (including phenoxy) is 1. The van der Waals surface area contributed by atoms with Crippen molar-refractivity contribution >= 4 is 22.1 Å². The topological polar surface area (TPSA) is 112 Å². The van der Waals surface area contributed by atoms with Crippen LogP contribution in [0.1, 0.15) is 17.7 Å². The molecular formula is C21H21FN6O4S. The van der Waals surface area contributed by atoms with Crippen LogP contribution in [0.4, 0.5) is 4.39 Å². The van der Waals surface area contributed by atoms with E-state index in [0.29, 0.717) is 12.1 Å². The van der Waals surface area contributed by atoms with Crippen LogP contribution in [0.25, 0.3) is 11.8 Å². The van der Waals surface area contributed by atoms with Gasteiger partial charge in [0.05, 0.1) is 30.9 Å². The Morgan fingerprint density at radius 1 is 1.18 bits per heavy atom. The monoisotopic (exact) mass is 472 g/mol. The van der Waals surface area contributed by atoms with E-state index in [1.807, 2.05) is 6.08 Å². The molecule has 0 amide bonds. The minimum Gasteiger partial charge on any atom is -0.468 e. The van der Waals surface area contributed by atoms with Crippen LogP contribution in [0.15, 0.2) is 47.3 Å². The van der Waals surface area contributed by atoms with Gasteiger partial charge in [-0.1, -0.05) is 0 Å². The number of halogens is 1. The third-order valence-electron chi connectivity index (χ3n) is 6.21. The van der Waals surface area contributed by atoms with E-state index in [-0.39, 0.29) is 30.4 Å². The van der Waals surface area contributed by atoms with Crippen molar-refractivity contribution in [1.29, 1.82) is 0 Å². The number of carbonyl (C=O) groups excluding carboxylic acids is 1. The molecule has 1 aromatic carbocycles. The van der Waals surface area contributed by atoms with E-state index >= 15 is 0 Å². The predicted octanol–water partition coefficient (Wildman–Crippen LogP) is 1.33. The summed E-state index contributed by atoms with van der Waals surface area (Å²) in [6, 6.07) is 5.96. The fraction of sp³-hybridized carbons (Fsp3) is 0.333. The Balaban J connectivity index is 1.55. The molecule has 0 N–H and O–H groups in total. The lowest BCUT2D eigenvalue weighted by Gasteiger charge is -2.43. The molecule has 1 saturated heterocycles. The summed E-state index contributed by atoms with van der Waals surface area (Å²) in [5, 5.41) is 12.1. The molecule has 0 bridgehead atoms. The first kappa shape index (κ1) is 21.5. The van der Waals surface area contributed by atoms with Crippen LogP contribution >= 0.6 is 0 Å². The van der Waals surface area contributed by atoms with Crippen molar-refractivity contribution < 1.29 is 22.3 Å². The first-order valence-corrected chi connectivity index (χ1v) is 11.7. The van der Waals surface area contributed by atoms with Crippen molar-refractivity contribution in [3.05, 3.63) is 59.3 Å². The minimum atomic E-state index is -3.94. The fourth-order valence-electron chi connectivity index (χ4n) is 4.55. The van der Waals surface area contributed by atoms with Gasteiger partial charge in [-0.25, -0.2) is 17.5 Å². The molecule has 3 aromatic rings. The standard InChI is InChI=1S/C21H21FN6O4S/c1-26-23-12-19(25-26)33(30,31)27-8-7-15-9-18-14(10-21(15,13-27)20(29)32-2)11-24-28(18)17-5-3-16(22)4-6-17/h3-6,9,11-12H,7-8,10,13H2,1-2H3/t21-/m0/s1. The van der Waals surface area contributed by atoms with E-state index in [0.717, 1.165) is 16.8 Å². The molecule has 0 radical (unpaired) electrons. The number of aromatic nitrogens is 5. The number of rotatable bonds is 4. The quantitative estimate of drug-likeness (QED) is 0.527. The smallest absolute Gasteiger partial charge is 0.317 e. The molecule has 12 heteroatoms. The Hall–Kier alpha value is -3.38. The van der Waals surface area contributed by atoms with Crippen LogP contribution < -0.4 is 0 Å².